The third-order valence-electron chi connectivity index (χ3n) is 4.09. The number of carbonyl (C=O) groups excluding carboxylic acids is 1. The second kappa shape index (κ2) is 7.33. The molecule has 6 nitrogen and oxygen atoms in total. The fourth-order valence-corrected chi connectivity index (χ4v) is 2.78. The van der Waals surface area contributed by atoms with Crippen molar-refractivity contribution >= 4 is 12.0 Å². The van der Waals surface area contributed by atoms with E-state index in [-0.39, 0.29) is 19.1 Å². The summed E-state index contributed by atoms with van der Waals surface area (Å²) in [5.41, 5.74) is 0. The molecule has 6 heteroatoms. The van der Waals surface area contributed by atoms with Crippen LogP contribution in [0.2, 0.25) is 0 Å². The van der Waals surface area contributed by atoms with Crippen LogP contribution in [0.4, 0.5) is 4.79 Å². The van der Waals surface area contributed by atoms with E-state index >= 15 is 0 Å². The molecule has 19 heavy (non-hydrogen) atoms. The van der Waals surface area contributed by atoms with Crippen molar-refractivity contribution in [2.24, 2.45) is 11.8 Å². The van der Waals surface area contributed by atoms with Crippen LogP contribution in [0.15, 0.2) is 0 Å². The zero-order valence-electron chi connectivity index (χ0n) is 11.6. The molecule has 3 unspecified atom stereocenters. The van der Waals surface area contributed by atoms with Gasteiger partial charge < -0.3 is 20.8 Å². The number of hydrogen-bond acceptors (Lipinski definition) is 3. The predicted molar refractivity (Wildman–Crippen MR) is 70.8 cm³/mol. The number of carboxylic acid groups (broad SMARTS) is 1. The van der Waals surface area contributed by atoms with Crippen molar-refractivity contribution in [3.63, 3.8) is 0 Å². The second-order valence-corrected chi connectivity index (χ2v) is 5.23. The first kappa shape index (κ1) is 15.8. The smallest absolute Gasteiger partial charge is 0.326 e. The fraction of sp³-hybridized carbons (Fsp3) is 0.846. The number of hydrogen-bond donors (Lipinski definition) is 4. The van der Waals surface area contributed by atoms with E-state index in [1.54, 1.807) is 0 Å². The van der Waals surface area contributed by atoms with Crippen LogP contribution in [0.5, 0.6) is 0 Å². The van der Waals surface area contributed by atoms with E-state index in [2.05, 4.69) is 24.5 Å². The number of urea groups is 1. The van der Waals surface area contributed by atoms with Gasteiger partial charge in [-0.3, -0.25) is 0 Å². The molecule has 0 saturated heterocycles. The van der Waals surface area contributed by atoms with Crippen molar-refractivity contribution in [1.82, 2.24) is 10.6 Å². The molecule has 0 aliphatic heterocycles. The zero-order chi connectivity index (χ0) is 14.4. The summed E-state index contributed by atoms with van der Waals surface area (Å²) in [5, 5.41) is 22.9. The number of aliphatic hydroxyl groups excluding tert-OH is 1. The summed E-state index contributed by atoms with van der Waals surface area (Å²) in [6.45, 7) is 3.99. The summed E-state index contributed by atoms with van der Waals surface area (Å²) >= 11 is 0. The Morgan fingerprint density at radius 2 is 2.05 bits per heavy atom. The summed E-state index contributed by atoms with van der Waals surface area (Å²) in [5.74, 6) is -0.0926. The van der Waals surface area contributed by atoms with E-state index in [4.69, 9.17) is 10.2 Å². The standard InChI is InChI=1S/C13H24N2O4/c1-3-9-4-5-10(8(9)2)14-13(19)15-11(6-7-16)12(17)18/h8-11,16H,3-7H2,1-2H3,(H,17,18)(H2,14,15,19)/t8?,9?,10?,11-/m0/s1. The third kappa shape index (κ3) is 4.38. The number of aliphatic hydroxyl groups is 1. The zero-order valence-corrected chi connectivity index (χ0v) is 11.6. The molecule has 1 aliphatic carbocycles. The molecule has 1 rings (SSSR count). The Bertz CT molecular complexity index is 322. The highest BCUT2D eigenvalue weighted by Gasteiger charge is 2.33. The molecular weight excluding hydrogens is 248 g/mol. The summed E-state index contributed by atoms with van der Waals surface area (Å²) in [6.07, 6.45) is 3.15. The van der Waals surface area contributed by atoms with Gasteiger partial charge in [0.15, 0.2) is 0 Å². The van der Waals surface area contributed by atoms with Crippen molar-refractivity contribution in [2.45, 2.75) is 51.6 Å². The van der Waals surface area contributed by atoms with Gasteiger partial charge in [-0.15, -0.1) is 0 Å². The van der Waals surface area contributed by atoms with E-state index in [1.807, 2.05) is 0 Å². The van der Waals surface area contributed by atoms with Gasteiger partial charge in [0.05, 0.1) is 0 Å². The van der Waals surface area contributed by atoms with Gasteiger partial charge in [0, 0.05) is 19.1 Å². The number of carboxylic acids is 1. The molecule has 0 heterocycles. The fourth-order valence-electron chi connectivity index (χ4n) is 2.78. The predicted octanol–water partition coefficient (Wildman–Crippen LogP) is 0.946. The first-order chi connectivity index (χ1) is 8.99. The van der Waals surface area contributed by atoms with Gasteiger partial charge in [0.1, 0.15) is 6.04 Å². The van der Waals surface area contributed by atoms with Crippen molar-refractivity contribution in [3.8, 4) is 0 Å². The van der Waals surface area contributed by atoms with Crippen LogP contribution < -0.4 is 10.6 Å². The molecule has 110 valence electrons. The molecule has 1 fully saturated rings. The highest BCUT2D eigenvalue weighted by molar-refractivity contribution is 5.82. The normalized spacial score (nSPS) is 27.8. The average molecular weight is 272 g/mol. The van der Waals surface area contributed by atoms with Crippen LogP contribution in [0.1, 0.15) is 39.5 Å². The van der Waals surface area contributed by atoms with Crippen LogP contribution in [-0.2, 0) is 4.79 Å². The molecule has 0 aromatic rings. The van der Waals surface area contributed by atoms with Crippen molar-refractivity contribution in [3.05, 3.63) is 0 Å². The molecular formula is C13H24N2O4. The van der Waals surface area contributed by atoms with Crippen LogP contribution in [0.25, 0.3) is 0 Å². The van der Waals surface area contributed by atoms with Gasteiger partial charge in [-0.25, -0.2) is 9.59 Å². The molecule has 0 aromatic carbocycles. The third-order valence-corrected chi connectivity index (χ3v) is 4.09. The van der Waals surface area contributed by atoms with Gasteiger partial charge >= 0.3 is 12.0 Å². The molecule has 0 bridgehead atoms. The van der Waals surface area contributed by atoms with Crippen LogP contribution >= 0.6 is 0 Å². The molecule has 0 aromatic heterocycles. The molecule has 1 aliphatic rings. The number of amides is 2. The number of rotatable bonds is 6. The maximum absolute atomic E-state index is 11.8. The minimum absolute atomic E-state index is 0.0144. The van der Waals surface area contributed by atoms with Gasteiger partial charge in [-0.2, -0.15) is 0 Å². The van der Waals surface area contributed by atoms with E-state index in [9.17, 15) is 9.59 Å². The van der Waals surface area contributed by atoms with Crippen LogP contribution in [-0.4, -0.2) is 40.9 Å². The quantitative estimate of drug-likeness (QED) is 0.578. The molecule has 4 atom stereocenters. The Kier molecular flexibility index (Phi) is 6.08. The Labute approximate surface area is 113 Å². The first-order valence-electron chi connectivity index (χ1n) is 6.90. The molecule has 0 radical (unpaired) electrons. The van der Waals surface area contributed by atoms with E-state index in [1.165, 1.54) is 0 Å². The Morgan fingerprint density at radius 1 is 1.37 bits per heavy atom. The summed E-state index contributed by atoms with van der Waals surface area (Å²) in [4.78, 5) is 22.6. The number of carbonyl (C=O) groups is 2. The van der Waals surface area contributed by atoms with Crippen molar-refractivity contribution < 1.29 is 19.8 Å². The highest BCUT2D eigenvalue weighted by Crippen LogP contribution is 2.33. The van der Waals surface area contributed by atoms with Gasteiger partial charge in [-0.05, 0) is 24.7 Å². The highest BCUT2D eigenvalue weighted by atomic mass is 16.4. The lowest BCUT2D eigenvalue weighted by Gasteiger charge is -2.22. The Balaban J connectivity index is 2.44. The van der Waals surface area contributed by atoms with Crippen LogP contribution in [0.3, 0.4) is 0 Å². The van der Waals surface area contributed by atoms with Gasteiger partial charge in [0.25, 0.3) is 0 Å². The number of aliphatic carboxylic acids is 1. The van der Waals surface area contributed by atoms with Gasteiger partial charge in [0.2, 0.25) is 0 Å². The monoisotopic (exact) mass is 272 g/mol. The molecule has 1 saturated carbocycles. The van der Waals surface area contributed by atoms with E-state index in [0.717, 1.165) is 19.3 Å². The Hall–Kier alpha value is -1.30. The minimum Gasteiger partial charge on any atom is -0.480 e. The van der Waals surface area contributed by atoms with Crippen molar-refractivity contribution in [1.29, 1.82) is 0 Å². The summed E-state index contributed by atoms with van der Waals surface area (Å²) in [6, 6.07) is -1.40. The maximum atomic E-state index is 11.8. The SMILES string of the molecule is CCC1CCC(NC(=O)N[C@@H](CCO)C(=O)O)C1C. The minimum atomic E-state index is -1.13. The Morgan fingerprint density at radius 3 is 2.53 bits per heavy atom. The van der Waals surface area contributed by atoms with Gasteiger partial charge in [-0.1, -0.05) is 20.3 Å². The molecule has 2 amide bonds. The van der Waals surface area contributed by atoms with Crippen molar-refractivity contribution in [2.75, 3.05) is 6.61 Å². The largest absolute Gasteiger partial charge is 0.480 e. The lowest BCUT2D eigenvalue weighted by Crippen LogP contribution is -2.50. The number of nitrogens with one attached hydrogen (secondary N) is 2. The average Bonchev–Trinajstić information content (AvgIpc) is 2.69. The molecule has 0 spiro atoms. The topological polar surface area (TPSA) is 98.7 Å². The summed E-state index contributed by atoms with van der Waals surface area (Å²) < 4.78 is 0. The molecule has 4 N–H and O–H groups in total. The summed E-state index contributed by atoms with van der Waals surface area (Å²) in [7, 11) is 0. The van der Waals surface area contributed by atoms with E-state index < -0.39 is 18.0 Å². The van der Waals surface area contributed by atoms with E-state index in [0.29, 0.717) is 11.8 Å². The first-order valence-corrected chi connectivity index (χ1v) is 6.90. The lowest BCUT2D eigenvalue weighted by atomic mass is 9.93. The second-order valence-electron chi connectivity index (χ2n) is 5.23. The van der Waals surface area contributed by atoms with Crippen LogP contribution in [0, 0.1) is 11.8 Å². The maximum Gasteiger partial charge on any atom is 0.326 e. The lowest BCUT2D eigenvalue weighted by molar-refractivity contribution is -0.139.